The Hall–Kier alpha value is -3.95. The highest BCUT2D eigenvalue weighted by atomic mass is 16.6. The van der Waals surface area contributed by atoms with Crippen molar-refractivity contribution in [3.8, 4) is 0 Å². The summed E-state index contributed by atoms with van der Waals surface area (Å²) in [5.74, 6) is -0.591. The molecule has 0 bridgehead atoms. The number of hydrogen-bond donors (Lipinski definition) is 1. The summed E-state index contributed by atoms with van der Waals surface area (Å²) in [6.45, 7) is 0.930. The number of piperidine rings is 1. The van der Waals surface area contributed by atoms with Gasteiger partial charge in [0.15, 0.2) is 0 Å². The maximum atomic E-state index is 12.3. The number of para-hydroxylation sites is 1. The highest BCUT2D eigenvalue weighted by Gasteiger charge is 2.33. The molecular weight excluding hydrogens is 404 g/mol. The lowest BCUT2D eigenvalue weighted by Gasteiger charge is -2.34. The molecule has 0 unspecified atom stereocenters. The van der Waals surface area contributed by atoms with Crippen LogP contribution in [-0.4, -0.2) is 41.0 Å². The fraction of sp³-hybridized carbons (Fsp3) is 0.286. The highest BCUT2D eigenvalue weighted by Crippen LogP contribution is 2.40. The average molecular weight is 424 g/mol. The number of carbonyl (C=O) groups is 1. The summed E-state index contributed by atoms with van der Waals surface area (Å²) >= 11 is 0. The van der Waals surface area contributed by atoms with E-state index in [0.717, 1.165) is 43.0 Å². The Kier molecular flexibility index (Phi) is 5.28. The topological polar surface area (TPSA) is 132 Å². The standard InChI is InChI=1S/C21H20N4O6/c1-31-21(26)16-10-14(24(27)28)11-19(25(29)30)20(16)23-8-6-13(7-9-23)17-12-22-18-5-3-2-4-15(17)18/h2-5,10-13,22H,6-9H2,1H3. The normalized spacial score (nSPS) is 14.5. The third-order valence-electron chi connectivity index (χ3n) is 5.76. The van der Waals surface area contributed by atoms with E-state index < -0.39 is 27.2 Å². The van der Waals surface area contributed by atoms with Crippen molar-refractivity contribution in [1.29, 1.82) is 0 Å². The van der Waals surface area contributed by atoms with Crippen LogP contribution in [0.2, 0.25) is 0 Å². The van der Waals surface area contributed by atoms with Crippen molar-refractivity contribution in [2.75, 3.05) is 25.1 Å². The van der Waals surface area contributed by atoms with E-state index in [1.54, 1.807) is 4.90 Å². The Morgan fingerprint density at radius 1 is 1.13 bits per heavy atom. The zero-order valence-corrected chi connectivity index (χ0v) is 16.7. The number of nitro benzene ring substituents is 2. The van der Waals surface area contributed by atoms with E-state index in [0.29, 0.717) is 13.1 Å². The number of nitrogens with zero attached hydrogens (tertiary/aromatic N) is 3. The summed E-state index contributed by atoms with van der Waals surface area (Å²) in [4.78, 5) is 38.8. The summed E-state index contributed by atoms with van der Waals surface area (Å²) in [5, 5.41) is 24.1. The summed E-state index contributed by atoms with van der Waals surface area (Å²) in [7, 11) is 1.14. The van der Waals surface area contributed by atoms with Gasteiger partial charge in [-0.05, 0) is 30.4 Å². The molecule has 4 rings (SSSR count). The van der Waals surface area contributed by atoms with Gasteiger partial charge in [0.25, 0.3) is 11.4 Å². The van der Waals surface area contributed by atoms with E-state index >= 15 is 0 Å². The van der Waals surface area contributed by atoms with Crippen LogP contribution in [0.25, 0.3) is 10.9 Å². The monoisotopic (exact) mass is 424 g/mol. The Bertz CT molecular complexity index is 1180. The molecule has 1 aromatic heterocycles. The number of H-pyrrole nitrogens is 1. The molecule has 0 saturated carbocycles. The molecule has 1 fully saturated rings. The molecule has 10 nitrogen and oxygen atoms in total. The van der Waals surface area contributed by atoms with Crippen molar-refractivity contribution in [2.45, 2.75) is 18.8 Å². The molecule has 1 N–H and O–H groups in total. The molecule has 2 heterocycles. The first-order chi connectivity index (χ1) is 14.9. The first-order valence-corrected chi connectivity index (χ1v) is 9.76. The molecule has 0 atom stereocenters. The van der Waals surface area contributed by atoms with Crippen molar-refractivity contribution < 1.29 is 19.4 Å². The SMILES string of the molecule is COC(=O)c1cc([N+](=O)[O-])cc([N+](=O)[O-])c1N1CCC(c2c[nH]c3ccccc23)CC1. The fourth-order valence-electron chi connectivity index (χ4n) is 4.29. The zero-order chi connectivity index (χ0) is 22.1. The molecular formula is C21H20N4O6. The van der Waals surface area contributed by atoms with Gasteiger partial charge in [-0.25, -0.2) is 4.79 Å². The van der Waals surface area contributed by atoms with Crippen LogP contribution < -0.4 is 4.90 Å². The Morgan fingerprint density at radius 2 is 1.84 bits per heavy atom. The van der Waals surface area contributed by atoms with E-state index in [-0.39, 0.29) is 17.2 Å². The lowest BCUT2D eigenvalue weighted by Crippen LogP contribution is -2.34. The minimum atomic E-state index is -0.847. The van der Waals surface area contributed by atoms with Gasteiger partial charge in [-0.2, -0.15) is 0 Å². The molecule has 3 aromatic rings. The molecule has 1 aliphatic rings. The number of anilines is 1. The van der Waals surface area contributed by atoms with Gasteiger partial charge in [-0.1, -0.05) is 18.2 Å². The number of benzene rings is 2. The minimum absolute atomic E-state index is 0.0693. The molecule has 31 heavy (non-hydrogen) atoms. The molecule has 160 valence electrons. The number of aromatic nitrogens is 1. The third-order valence-corrected chi connectivity index (χ3v) is 5.76. The van der Waals surface area contributed by atoms with Crippen molar-refractivity contribution in [3.05, 3.63) is 74.0 Å². The van der Waals surface area contributed by atoms with Gasteiger partial charge in [0, 0.05) is 36.3 Å². The van der Waals surface area contributed by atoms with Gasteiger partial charge in [0.1, 0.15) is 5.69 Å². The predicted molar refractivity (Wildman–Crippen MR) is 114 cm³/mol. The second-order valence-electron chi connectivity index (χ2n) is 7.42. The van der Waals surface area contributed by atoms with Gasteiger partial charge < -0.3 is 14.6 Å². The number of carbonyl (C=O) groups excluding carboxylic acids is 1. The number of hydrogen-bond acceptors (Lipinski definition) is 7. The number of methoxy groups -OCH3 is 1. The Morgan fingerprint density at radius 3 is 2.48 bits per heavy atom. The molecule has 0 aliphatic carbocycles. The molecule has 1 aliphatic heterocycles. The Labute approximate surface area is 176 Å². The first kappa shape index (κ1) is 20.3. The van der Waals surface area contributed by atoms with Crippen LogP contribution in [0.1, 0.15) is 34.7 Å². The van der Waals surface area contributed by atoms with Crippen LogP contribution in [0, 0.1) is 20.2 Å². The maximum absolute atomic E-state index is 12.3. The van der Waals surface area contributed by atoms with Gasteiger partial charge in [-0.3, -0.25) is 20.2 Å². The Balaban J connectivity index is 1.68. The van der Waals surface area contributed by atoms with Gasteiger partial charge in [-0.15, -0.1) is 0 Å². The second kappa shape index (κ2) is 8.05. The van der Waals surface area contributed by atoms with Crippen molar-refractivity contribution in [1.82, 2.24) is 4.98 Å². The number of esters is 1. The molecule has 10 heteroatoms. The molecule has 0 radical (unpaired) electrons. The van der Waals surface area contributed by atoms with Crippen molar-refractivity contribution >= 4 is 33.9 Å². The van der Waals surface area contributed by atoms with Gasteiger partial charge >= 0.3 is 5.97 Å². The maximum Gasteiger partial charge on any atom is 0.340 e. The minimum Gasteiger partial charge on any atom is -0.465 e. The summed E-state index contributed by atoms with van der Waals surface area (Å²) in [6.07, 6.45) is 3.44. The summed E-state index contributed by atoms with van der Waals surface area (Å²) in [6, 6.07) is 9.96. The van der Waals surface area contributed by atoms with E-state index in [1.165, 1.54) is 5.56 Å². The van der Waals surface area contributed by atoms with E-state index in [2.05, 4.69) is 11.1 Å². The van der Waals surface area contributed by atoms with E-state index in [1.807, 2.05) is 24.4 Å². The number of nitro groups is 2. The van der Waals surface area contributed by atoms with Crippen LogP contribution in [0.4, 0.5) is 17.1 Å². The number of non-ortho nitro benzene ring substituents is 1. The number of fused-ring (bicyclic) bond motifs is 1. The number of ether oxygens (including phenoxy) is 1. The van der Waals surface area contributed by atoms with Crippen LogP contribution in [0.15, 0.2) is 42.6 Å². The van der Waals surface area contributed by atoms with Crippen LogP contribution in [-0.2, 0) is 4.74 Å². The van der Waals surface area contributed by atoms with Crippen molar-refractivity contribution in [2.24, 2.45) is 0 Å². The highest BCUT2D eigenvalue weighted by molar-refractivity contribution is 5.99. The number of aromatic amines is 1. The number of rotatable bonds is 5. The smallest absolute Gasteiger partial charge is 0.340 e. The average Bonchev–Trinajstić information content (AvgIpc) is 3.22. The van der Waals surface area contributed by atoms with Gasteiger partial charge in [0.05, 0.1) is 28.6 Å². The first-order valence-electron chi connectivity index (χ1n) is 9.76. The molecule has 0 spiro atoms. The molecule has 0 amide bonds. The zero-order valence-electron chi connectivity index (χ0n) is 16.7. The predicted octanol–water partition coefficient (Wildman–Crippen LogP) is 4.15. The summed E-state index contributed by atoms with van der Waals surface area (Å²) < 4.78 is 4.75. The second-order valence-corrected chi connectivity index (χ2v) is 7.42. The van der Waals surface area contributed by atoms with Gasteiger partial charge in [0.2, 0.25) is 0 Å². The quantitative estimate of drug-likeness (QED) is 0.369. The van der Waals surface area contributed by atoms with Crippen LogP contribution >= 0.6 is 0 Å². The molecule has 1 saturated heterocycles. The fourth-order valence-corrected chi connectivity index (χ4v) is 4.29. The third kappa shape index (κ3) is 3.67. The summed E-state index contributed by atoms with van der Waals surface area (Å²) in [5.41, 5.74) is 1.15. The molecule has 2 aromatic carbocycles. The van der Waals surface area contributed by atoms with E-state index in [4.69, 9.17) is 4.74 Å². The van der Waals surface area contributed by atoms with E-state index in [9.17, 15) is 25.0 Å². The lowest BCUT2D eigenvalue weighted by molar-refractivity contribution is -0.393. The number of nitrogens with one attached hydrogen (secondary N) is 1. The lowest BCUT2D eigenvalue weighted by atomic mass is 9.88. The van der Waals surface area contributed by atoms with Crippen molar-refractivity contribution in [3.63, 3.8) is 0 Å². The largest absolute Gasteiger partial charge is 0.465 e. The van der Waals surface area contributed by atoms with Crippen LogP contribution in [0.3, 0.4) is 0 Å². The van der Waals surface area contributed by atoms with Crippen LogP contribution in [0.5, 0.6) is 0 Å².